The summed E-state index contributed by atoms with van der Waals surface area (Å²) in [5.74, 6) is 1.48. The number of hydrogen-bond donors (Lipinski definition) is 0. The lowest BCUT2D eigenvalue weighted by Crippen LogP contribution is -2.57. The van der Waals surface area contributed by atoms with Gasteiger partial charge in [0.25, 0.3) is 0 Å². The van der Waals surface area contributed by atoms with E-state index in [1.54, 1.807) is 0 Å². The van der Waals surface area contributed by atoms with Crippen molar-refractivity contribution in [2.75, 3.05) is 0 Å². The Bertz CT molecular complexity index is 298. The number of hydrogen-bond acceptors (Lipinski definition) is 1. The molecule has 0 rings (SSSR count). The van der Waals surface area contributed by atoms with E-state index in [0.717, 1.165) is 43.9 Å². The molecular weight excluding hydrogens is 282 g/mol. The fourth-order valence-electron chi connectivity index (χ4n) is 3.62. The van der Waals surface area contributed by atoms with Crippen molar-refractivity contribution in [3.63, 3.8) is 0 Å². The van der Waals surface area contributed by atoms with Crippen molar-refractivity contribution in [1.29, 1.82) is 0 Å². The Morgan fingerprint density at radius 1 is 0.826 bits per heavy atom. The zero-order valence-electron chi connectivity index (χ0n) is 17.2. The molecule has 2 heteroatoms. The van der Waals surface area contributed by atoms with Gasteiger partial charge < -0.3 is 4.90 Å². The van der Waals surface area contributed by atoms with Crippen molar-refractivity contribution in [1.82, 2.24) is 4.90 Å². The third-order valence-corrected chi connectivity index (χ3v) is 5.79. The van der Waals surface area contributed by atoms with Crippen LogP contribution < -0.4 is 0 Å². The lowest BCUT2D eigenvalue weighted by molar-refractivity contribution is -0.133. The highest BCUT2D eigenvalue weighted by Crippen LogP contribution is 2.36. The summed E-state index contributed by atoms with van der Waals surface area (Å²) in [4.78, 5) is 14.2. The second kappa shape index (κ2) is 10.4. The fourth-order valence-corrected chi connectivity index (χ4v) is 3.62. The van der Waals surface area contributed by atoms with E-state index in [1.807, 2.05) is 0 Å². The van der Waals surface area contributed by atoms with Gasteiger partial charge in [-0.25, -0.2) is 0 Å². The monoisotopic (exact) mass is 325 g/mol. The Morgan fingerprint density at radius 2 is 1.17 bits per heavy atom. The Morgan fingerprint density at radius 3 is 1.39 bits per heavy atom. The minimum Gasteiger partial charge on any atom is -0.334 e. The summed E-state index contributed by atoms with van der Waals surface area (Å²) in [7, 11) is 0. The molecule has 0 fully saturated rings. The molecule has 0 radical (unpaired) electrons. The van der Waals surface area contributed by atoms with E-state index in [4.69, 9.17) is 0 Å². The van der Waals surface area contributed by atoms with Crippen LogP contribution in [0.25, 0.3) is 0 Å². The summed E-state index contributed by atoms with van der Waals surface area (Å²) in [5, 5.41) is 0. The molecular formula is C21H43NO. The van der Waals surface area contributed by atoms with Crippen molar-refractivity contribution in [2.45, 2.75) is 118 Å². The molecule has 0 heterocycles. The Hall–Kier alpha value is -0.530. The first kappa shape index (κ1) is 22.5. The fraction of sp³-hybridized carbons (Fsp3) is 0.952. The molecule has 2 unspecified atom stereocenters. The molecule has 0 aromatic rings. The topological polar surface area (TPSA) is 20.3 Å². The van der Waals surface area contributed by atoms with Crippen LogP contribution in [0.1, 0.15) is 107 Å². The zero-order chi connectivity index (χ0) is 18.1. The van der Waals surface area contributed by atoms with Crippen LogP contribution >= 0.6 is 0 Å². The molecule has 2 atom stereocenters. The van der Waals surface area contributed by atoms with Crippen molar-refractivity contribution < 1.29 is 4.79 Å². The number of carbonyl (C=O) groups is 1. The molecule has 23 heavy (non-hydrogen) atoms. The van der Waals surface area contributed by atoms with Crippen molar-refractivity contribution in [3.05, 3.63) is 0 Å². The van der Waals surface area contributed by atoms with Crippen LogP contribution in [-0.4, -0.2) is 22.4 Å². The van der Waals surface area contributed by atoms with Gasteiger partial charge in [-0.3, -0.25) is 4.79 Å². The Labute approximate surface area is 146 Å². The maximum Gasteiger partial charge on any atom is 0.210 e. The summed E-state index contributed by atoms with van der Waals surface area (Å²) in [5.41, 5.74) is -0.0293. The summed E-state index contributed by atoms with van der Waals surface area (Å²) in [6.07, 6.45) is 10.3. The molecule has 0 saturated carbocycles. The van der Waals surface area contributed by atoms with Gasteiger partial charge in [0, 0.05) is 11.1 Å². The van der Waals surface area contributed by atoms with E-state index in [0.29, 0.717) is 0 Å². The van der Waals surface area contributed by atoms with Crippen molar-refractivity contribution in [3.8, 4) is 0 Å². The molecule has 0 aromatic carbocycles. The molecule has 0 saturated heterocycles. The standard InChI is InChI=1S/C21H43NO/c1-9-20(7,15-11-13-18(3)4)22(17-23)21(8,10-2)16-12-14-19(5)6/h17-19H,9-16H2,1-8H3. The smallest absolute Gasteiger partial charge is 0.210 e. The van der Waals surface area contributed by atoms with Crippen LogP contribution in [0, 0.1) is 11.8 Å². The molecule has 0 N–H and O–H groups in total. The highest BCUT2D eigenvalue weighted by Gasteiger charge is 2.39. The van der Waals surface area contributed by atoms with Gasteiger partial charge >= 0.3 is 0 Å². The molecule has 1 amide bonds. The van der Waals surface area contributed by atoms with Gasteiger partial charge in [-0.1, -0.05) is 67.2 Å². The highest BCUT2D eigenvalue weighted by molar-refractivity contribution is 5.51. The van der Waals surface area contributed by atoms with Gasteiger partial charge in [-0.05, 0) is 51.4 Å². The zero-order valence-corrected chi connectivity index (χ0v) is 17.2. The maximum atomic E-state index is 12.0. The number of amides is 1. The number of carbonyl (C=O) groups excluding carboxylic acids is 1. The van der Waals surface area contributed by atoms with E-state index < -0.39 is 0 Å². The Kier molecular flexibility index (Phi) is 10.1. The SMILES string of the molecule is CCC(C)(CCCC(C)C)N(C=O)C(C)(CC)CCCC(C)C. The molecule has 138 valence electrons. The van der Waals surface area contributed by atoms with Crippen LogP contribution in [0.4, 0.5) is 0 Å². The Balaban J connectivity index is 5.07. The average Bonchev–Trinajstić information content (AvgIpc) is 2.47. The molecule has 0 bridgehead atoms. The maximum absolute atomic E-state index is 12.0. The quantitative estimate of drug-likeness (QED) is 0.357. The molecule has 0 aliphatic heterocycles. The number of rotatable bonds is 13. The van der Waals surface area contributed by atoms with Gasteiger partial charge in [-0.2, -0.15) is 0 Å². The van der Waals surface area contributed by atoms with E-state index >= 15 is 0 Å². The number of nitrogens with zero attached hydrogens (tertiary/aromatic N) is 1. The van der Waals surface area contributed by atoms with Crippen LogP contribution in [0.15, 0.2) is 0 Å². The minimum atomic E-state index is -0.0147. The molecule has 0 aromatic heterocycles. The third-order valence-electron chi connectivity index (χ3n) is 5.79. The minimum absolute atomic E-state index is 0.0147. The predicted octanol–water partition coefficient (Wildman–Crippen LogP) is 6.43. The molecule has 2 nitrogen and oxygen atoms in total. The lowest BCUT2D eigenvalue weighted by Gasteiger charge is -2.50. The second-order valence-corrected chi connectivity index (χ2v) is 8.75. The summed E-state index contributed by atoms with van der Waals surface area (Å²) in [6.45, 7) is 18.2. The van der Waals surface area contributed by atoms with Crippen LogP contribution in [0.2, 0.25) is 0 Å². The van der Waals surface area contributed by atoms with E-state index in [1.165, 1.54) is 25.7 Å². The van der Waals surface area contributed by atoms with Gasteiger partial charge in [0.15, 0.2) is 0 Å². The van der Waals surface area contributed by atoms with Crippen molar-refractivity contribution >= 4 is 6.41 Å². The average molecular weight is 326 g/mol. The molecule has 0 spiro atoms. The molecule has 0 aliphatic carbocycles. The largest absolute Gasteiger partial charge is 0.334 e. The van der Waals surface area contributed by atoms with Gasteiger partial charge in [-0.15, -0.1) is 0 Å². The summed E-state index contributed by atoms with van der Waals surface area (Å²) < 4.78 is 0. The highest BCUT2D eigenvalue weighted by atomic mass is 16.1. The first-order valence-corrected chi connectivity index (χ1v) is 9.90. The third kappa shape index (κ3) is 7.27. The van der Waals surface area contributed by atoms with Gasteiger partial charge in [0.05, 0.1) is 0 Å². The van der Waals surface area contributed by atoms with Gasteiger partial charge in [0.1, 0.15) is 0 Å². The van der Waals surface area contributed by atoms with Crippen LogP contribution in [-0.2, 0) is 4.79 Å². The van der Waals surface area contributed by atoms with Crippen LogP contribution in [0.5, 0.6) is 0 Å². The second-order valence-electron chi connectivity index (χ2n) is 8.75. The van der Waals surface area contributed by atoms with Crippen LogP contribution in [0.3, 0.4) is 0 Å². The first-order valence-electron chi connectivity index (χ1n) is 9.90. The summed E-state index contributed by atoms with van der Waals surface area (Å²) in [6, 6.07) is 0. The lowest BCUT2D eigenvalue weighted by atomic mass is 9.81. The summed E-state index contributed by atoms with van der Waals surface area (Å²) >= 11 is 0. The van der Waals surface area contributed by atoms with E-state index in [2.05, 4.69) is 60.3 Å². The first-order chi connectivity index (χ1) is 10.6. The molecule has 0 aliphatic rings. The normalized spacial score (nSPS) is 17.1. The van der Waals surface area contributed by atoms with Crippen molar-refractivity contribution in [2.24, 2.45) is 11.8 Å². The predicted molar refractivity (Wildman–Crippen MR) is 103 cm³/mol. The van der Waals surface area contributed by atoms with E-state index in [9.17, 15) is 4.79 Å². The van der Waals surface area contributed by atoms with Gasteiger partial charge in [0.2, 0.25) is 6.41 Å². The van der Waals surface area contributed by atoms with E-state index in [-0.39, 0.29) is 11.1 Å².